The molecule has 0 fully saturated rings. The normalized spacial score (nSPS) is 16.6. The summed E-state index contributed by atoms with van der Waals surface area (Å²) in [5.74, 6) is -2.41. The van der Waals surface area contributed by atoms with E-state index in [1.54, 1.807) is 0 Å². The summed E-state index contributed by atoms with van der Waals surface area (Å²) in [4.78, 5) is 27.6. The Kier molecular flexibility index (Phi) is 5.74. The molecular formula is C28H22F6N2O4. The van der Waals surface area contributed by atoms with Crippen LogP contribution in [0.4, 0.5) is 37.7 Å². The van der Waals surface area contributed by atoms with Gasteiger partial charge in [0.1, 0.15) is 0 Å². The summed E-state index contributed by atoms with van der Waals surface area (Å²) in [6, 6.07) is 9.73. The van der Waals surface area contributed by atoms with Gasteiger partial charge in [-0.2, -0.15) is 26.3 Å². The highest BCUT2D eigenvalue weighted by Gasteiger charge is 2.77. The molecule has 0 aromatic heterocycles. The van der Waals surface area contributed by atoms with E-state index in [0.717, 1.165) is 42.5 Å². The monoisotopic (exact) mass is 564 g/mol. The molecule has 1 N–H and O–H groups in total. The molecule has 1 heterocycles. The smallest absolute Gasteiger partial charge is 0.411 e. The molecule has 1 aliphatic heterocycles. The SMILES string of the molecule is CN(C)c1ccc2c(c1)C(C(F)(F)F)(C(F)(F)F)c1cc(N(C)C)ccc1C21OC(=O)c2ccc(C(=O)O)cc21. The lowest BCUT2D eigenvalue weighted by Crippen LogP contribution is -2.59. The first kappa shape index (κ1) is 27.4. The molecule has 210 valence electrons. The Hall–Kier alpha value is -4.22. The number of aromatic carboxylic acids is 1. The van der Waals surface area contributed by atoms with Crippen molar-refractivity contribution in [2.24, 2.45) is 0 Å². The predicted molar refractivity (Wildman–Crippen MR) is 133 cm³/mol. The third kappa shape index (κ3) is 3.37. The van der Waals surface area contributed by atoms with E-state index in [-0.39, 0.29) is 28.1 Å². The first-order valence-electron chi connectivity index (χ1n) is 11.9. The quantitative estimate of drug-likeness (QED) is 0.325. The molecule has 0 saturated carbocycles. The maximum absolute atomic E-state index is 15.2. The number of benzene rings is 3. The number of fused-ring (bicyclic) bond motifs is 6. The summed E-state index contributed by atoms with van der Waals surface area (Å²) in [5.41, 5.74) is -10.8. The first-order chi connectivity index (χ1) is 18.5. The van der Waals surface area contributed by atoms with Gasteiger partial charge in [-0.3, -0.25) is 0 Å². The van der Waals surface area contributed by atoms with Gasteiger partial charge in [-0.1, -0.05) is 12.1 Å². The summed E-state index contributed by atoms with van der Waals surface area (Å²) in [7, 11) is 5.85. The van der Waals surface area contributed by atoms with Crippen molar-refractivity contribution in [2.75, 3.05) is 38.0 Å². The van der Waals surface area contributed by atoms with Crippen LogP contribution in [0.1, 0.15) is 48.5 Å². The van der Waals surface area contributed by atoms with E-state index in [2.05, 4.69) is 0 Å². The van der Waals surface area contributed by atoms with Crippen molar-refractivity contribution < 1.29 is 45.8 Å². The van der Waals surface area contributed by atoms with Gasteiger partial charge in [0.15, 0.2) is 5.60 Å². The second-order valence-electron chi connectivity index (χ2n) is 10.1. The highest BCUT2D eigenvalue weighted by molar-refractivity contribution is 5.99. The number of carboxylic acids is 1. The number of rotatable bonds is 3. The van der Waals surface area contributed by atoms with Gasteiger partial charge in [0.05, 0.1) is 11.1 Å². The van der Waals surface area contributed by atoms with Crippen LogP contribution in [0.15, 0.2) is 54.6 Å². The number of alkyl halides is 6. The number of esters is 1. The summed E-state index contributed by atoms with van der Waals surface area (Å²) in [5, 5.41) is 9.62. The van der Waals surface area contributed by atoms with E-state index in [0.29, 0.717) is 0 Å². The van der Waals surface area contributed by atoms with Gasteiger partial charge in [0.2, 0.25) is 5.41 Å². The molecule has 0 atom stereocenters. The second-order valence-corrected chi connectivity index (χ2v) is 10.1. The van der Waals surface area contributed by atoms with E-state index < -0.39 is 57.6 Å². The second kappa shape index (κ2) is 8.39. The third-order valence-corrected chi connectivity index (χ3v) is 7.57. The highest BCUT2D eigenvalue weighted by atomic mass is 19.4. The zero-order valence-electron chi connectivity index (χ0n) is 21.5. The fourth-order valence-corrected chi connectivity index (χ4v) is 5.71. The fraction of sp³-hybridized carbons (Fsp3) is 0.286. The Morgan fingerprint density at radius 2 is 1.20 bits per heavy atom. The van der Waals surface area contributed by atoms with Crippen molar-refractivity contribution in [3.8, 4) is 0 Å². The molecule has 3 aromatic carbocycles. The molecule has 0 unspecified atom stereocenters. The standard InChI is InChI=1S/C28H22F6N2O4/c1-35(2)15-6-9-18-21(12-15)26(27(29,30)31,28(32,33)34)22-13-16(36(3)4)7-10-19(22)25(18)20-11-14(23(37)38)5-8-17(20)24(39)40-25/h5-13H,1-4H3,(H,37,38). The topological polar surface area (TPSA) is 70.1 Å². The number of carbonyl (C=O) groups excluding carboxylic acids is 1. The number of anilines is 2. The first-order valence-corrected chi connectivity index (χ1v) is 11.9. The lowest BCUT2D eigenvalue weighted by Gasteiger charge is -2.48. The Morgan fingerprint density at radius 3 is 1.60 bits per heavy atom. The molecule has 5 rings (SSSR count). The van der Waals surface area contributed by atoms with E-state index in [1.807, 2.05) is 0 Å². The lowest BCUT2D eigenvalue weighted by molar-refractivity contribution is -0.290. The summed E-state index contributed by atoms with van der Waals surface area (Å²) in [6.07, 6.45) is -11.8. The van der Waals surface area contributed by atoms with Crippen LogP contribution in [0.2, 0.25) is 0 Å². The zero-order chi connectivity index (χ0) is 29.6. The Bertz CT molecular complexity index is 1500. The van der Waals surface area contributed by atoms with Gasteiger partial charge >= 0.3 is 24.3 Å². The van der Waals surface area contributed by atoms with Crippen LogP contribution >= 0.6 is 0 Å². The number of carboxylic acid groups (broad SMARTS) is 1. The van der Waals surface area contributed by atoms with Gasteiger partial charge in [-0.25, -0.2) is 9.59 Å². The van der Waals surface area contributed by atoms with Crippen molar-refractivity contribution in [1.29, 1.82) is 0 Å². The minimum atomic E-state index is -5.89. The Labute approximate surface area is 224 Å². The average molecular weight is 564 g/mol. The highest BCUT2D eigenvalue weighted by Crippen LogP contribution is 2.66. The molecule has 0 radical (unpaired) electrons. The largest absolute Gasteiger partial charge is 0.478 e. The molecule has 1 spiro atoms. The summed E-state index contributed by atoms with van der Waals surface area (Å²) >= 11 is 0. The van der Waals surface area contributed by atoms with Crippen molar-refractivity contribution in [1.82, 2.24) is 0 Å². The number of hydrogen-bond donors (Lipinski definition) is 1. The molecule has 6 nitrogen and oxygen atoms in total. The van der Waals surface area contributed by atoms with Crippen molar-refractivity contribution in [3.05, 3.63) is 93.5 Å². The molecule has 0 bridgehead atoms. The molecule has 3 aromatic rings. The van der Waals surface area contributed by atoms with Crippen molar-refractivity contribution in [2.45, 2.75) is 23.4 Å². The van der Waals surface area contributed by atoms with E-state index in [4.69, 9.17) is 4.74 Å². The summed E-state index contributed by atoms with van der Waals surface area (Å²) in [6.45, 7) is 0. The van der Waals surface area contributed by atoms with Gasteiger partial charge in [-0.05, 0) is 53.6 Å². The van der Waals surface area contributed by atoms with Gasteiger partial charge in [0, 0.05) is 56.3 Å². The maximum Gasteiger partial charge on any atom is 0.411 e. The average Bonchev–Trinajstić information content (AvgIpc) is 3.14. The van der Waals surface area contributed by atoms with Crippen LogP contribution in [0.3, 0.4) is 0 Å². The van der Waals surface area contributed by atoms with Crippen LogP contribution in [0.5, 0.6) is 0 Å². The molecule has 1 aliphatic carbocycles. The Balaban J connectivity index is 2.06. The molecular weight excluding hydrogens is 542 g/mol. The van der Waals surface area contributed by atoms with E-state index >= 15 is 26.3 Å². The van der Waals surface area contributed by atoms with Crippen LogP contribution in [-0.2, 0) is 15.8 Å². The Morgan fingerprint density at radius 1 is 0.725 bits per heavy atom. The number of hydrogen-bond acceptors (Lipinski definition) is 5. The van der Waals surface area contributed by atoms with Crippen LogP contribution in [0.25, 0.3) is 0 Å². The van der Waals surface area contributed by atoms with Gasteiger partial charge in [-0.15, -0.1) is 0 Å². The summed E-state index contributed by atoms with van der Waals surface area (Å²) < 4.78 is 97.0. The number of carbonyl (C=O) groups is 2. The van der Waals surface area contributed by atoms with Crippen LogP contribution in [0, 0.1) is 0 Å². The van der Waals surface area contributed by atoms with Crippen molar-refractivity contribution >= 4 is 23.3 Å². The van der Waals surface area contributed by atoms with E-state index in [9.17, 15) is 14.7 Å². The molecule has 0 saturated heterocycles. The number of nitrogens with zero attached hydrogens (tertiary/aromatic N) is 2. The number of halogens is 6. The molecule has 0 amide bonds. The maximum atomic E-state index is 15.2. The van der Waals surface area contributed by atoms with E-state index in [1.165, 1.54) is 50.1 Å². The fourth-order valence-electron chi connectivity index (χ4n) is 5.71. The van der Waals surface area contributed by atoms with Gasteiger partial charge in [0.25, 0.3) is 0 Å². The number of ether oxygens (including phenoxy) is 1. The van der Waals surface area contributed by atoms with Gasteiger partial charge < -0.3 is 19.6 Å². The van der Waals surface area contributed by atoms with Crippen molar-refractivity contribution in [3.63, 3.8) is 0 Å². The van der Waals surface area contributed by atoms with Crippen LogP contribution < -0.4 is 9.80 Å². The third-order valence-electron chi connectivity index (χ3n) is 7.57. The molecule has 12 heteroatoms. The zero-order valence-corrected chi connectivity index (χ0v) is 21.5. The predicted octanol–water partition coefficient (Wildman–Crippen LogP) is 5.70. The van der Waals surface area contributed by atoms with Crippen LogP contribution in [-0.4, -0.2) is 57.6 Å². The minimum absolute atomic E-state index is 0.0443. The molecule has 2 aliphatic rings. The minimum Gasteiger partial charge on any atom is -0.478 e. The molecule has 40 heavy (non-hydrogen) atoms. The lowest BCUT2D eigenvalue weighted by atomic mass is 9.59.